The first kappa shape index (κ1) is 10.8. The second-order valence-corrected chi connectivity index (χ2v) is 4.91. The maximum Gasteiger partial charge on any atom is 0.197 e. The summed E-state index contributed by atoms with van der Waals surface area (Å²) in [4.78, 5) is 0. The number of rotatable bonds is 1. The molecule has 2 heteroatoms. The Balaban J connectivity index is 2.11. The summed E-state index contributed by atoms with van der Waals surface area (Å²) in [6, 6.07) is 8.58. The second kappa shape index (κ2) is 4.19. The van der Waals surface area contributed by atoms with Crippen LogP contribution in [0.4, 0.5) is 0 Å². The molecule has 0 saturated carbocycles. The summed E-state index contributed by atoms with van der Waals surface area (Å²) in [7, 11) is 0. The van der Waals surface area contributed by atoms with E-state index >= 15 is 0 Å². The number of aryl methyl sites for hydroxylation is 1. The molecule has 0 bridgehead atoms. The Bertz CT molecular complexity index is 462. The molecule has 1 unspecified atom stereocenters. The number of allylic oxidation sites excluding steroid dienone is 2. The first-order chi connectivity index (χ1) is 8.29. The van der Waals surface area contributed by atoms with Crippen molar-refractivity contribution in [1.29, 1.82) is 0 Å². The summed E-state index contributed by atoms with van der Waals surface area (Å²) >= 11 is 0. The zero-order valence-corrected chi connectivity index (χ0v) is 10.1. The van der Waals surface area contributed by atoms with Crippen LogP contribution in [0.1, 0.15) is 37.3 Å². The van der Waals surface area contributed by atoms with Crippen LogP contribution in [-0.2, 0) is 11.2 Å². The van der Waals surface area contributed by atoms with E-state index in [9.17, 15) is 5.11 Å². The number of benzene rings is 1. The van der Waals surface area contributed by atoms with Crippen molar-refractivity contribution in [1.82, 2.24) is 0 Å². The van der Waals surface area contributed by atoms with E-state index in [-0.39, 0.29) is 0 Å². The van der Waals surface area contributed by atoms with E-state index in [1.807, 2.05) is 0 Å². The maximum atomic E-state index is 9.74. The number of hydrogen-bond acceptors (Lipinski definition) is 2. The minimum absolute atomic E-state index is 0.440. The van der Waals surface area contributed by atoms with Crippen LogP contribution in [0.15, 0.2) is 30.0 Å². The molecule has 0 amide bonds. The van der Waals surface area contributed by atoms with E-state index in [2.05, 4.69) is 31.2 Å². The van der Waals surface area contributed by atoms with Crippen LogP contribution in [0.3, 0.4) is 0 Å². The van der Waals surface area contributed by atoms with Crippen molar-refractivity contribution in [3.63, 3.8) is 0 Å². The van der Waals surface area contributed by atoms with Crippen molar-refractivity contribution in [3.8, 4) is 0 Å². The van der Waals surface area contributed by atoms with Gasteiger partial charge in [0.05, 0.1) is 0 Å². The molecule has 1 aliphatic carbocycles. The van der Waals surface area contributed by atoms with Crippen LogP contribution in [0.2, 0.25) is 0 Å². The van der Waals surface area contributed by atoms with Gasteiger partial charge in [-0.25, -0.2) is 0 Å². The monoisotopic (exact) mass is 230 g/mol. The lowest BCUT2D eigenvalue weighted by Crippen LogP contribution is -2.27. The van der Waals surface area contributed by atoms with Gasteiger partial charge < -0.3 is 9.84 Å². The molecule has 1 aromatic carbocycles. The topological polar surface area (TPSA) is 29.5 Å². The lowest BCUT2D eigenvalue weighted by molar-refractivity contribution is -0.0867. The van der Waals surface area contributed by atoms with Crippen molar-refractivity contribution in [2.45, 2.75) is 38.9 Å². The molecule has 2 atom stereocenters. The summed E-state index contributed by atoms with van der Waals surface area (Å²) < 4.78 is 5.61. The number of aliphatic hydroxyl groups excluding tert-OH is 1. The smallest absolute Gasteiger partial charge is 0.197 e. The molecule has 1 aliphatic heterocycles. The Labute approximate surface area is 102 Å². The van der Waals surface area contributed by atoms with Gasteiger partial charge in [0.1, 0.15) is 5.76 Å². The fourth-order valence-corrected chi connectivity index (χ4v) is 3.05. The third kappa shape index (κ3) is 1.77. The molecular formula is C15H18O2. The van der Waals surface area contributed by atoms with Gasteiger partial charge in [0.25, 0.3) is 0 Å². The molecule has 0 aromatic heterocycles. The Kier molecular flexibility index (Phi) is 2.67. The highest BCUT2D eigenvalue weighted by Gasteiger charge is 2.32. The van der Waals surface area contributed by atoms with Gasteiger partial charge in [0, 0.05) is 18.4 Å². The molecule has 17 heavy (non-hydrogen) atoms. The van der Waals surface area contributed by atoms with E-state index in [1.54, 1.807) is 0 Å². The van der Waals surface area contributed by atoms with Gasteiger partial charge in [-0.1, -0.05) is 31.2 Å². The predicted octanol–water partition coefficient (Wildman–Crippen LogP) is 3.11. The lowest BCUT2D eigenvalue weighted by atomic mass is 9.79. The Hall–Kier alpha value is -1.28. The molecule has 2 nitrogen and oxygen atoms in total. The molecule has 90 valence electrons. The van der Waals surface area contributed by atoms with Crippen molar-refractivity contribution in [2.24, 2.45) is 5.92 Å². The van der Waals surface area contributed by atoms with Crippen molar-refractivity contribution in [2.75, 3.05) is 0 Å². The highest BCUT2D eigenvalue weighted by atomic mass is 16.6. The van der Waals surface area contributed by atoms with E-state index in [0.717, 1.165) is 31.4 Å². The van der Waals surface area contributed by atoms with Crippen molar-refractivity contribution < 1.29 is 9.84 Å². The van der Waals surface area contributed by atoms with E-state index in [1.165, 1.54) is 16.7 Å². The SMILES string of the molecule is CC[C@@H]1CC(O)OC2=C1c1ccccc1CC2. The third-order valence-electron chi connectivity index (χ3n) is 3.89. The van der Waals surface area contributed by atoms with Crippen LogP contribution >= 0.6 is 0 Å². The molecule has 1 heterocycles. The first-order valence-electron chi connectivity index (χ1n) is 6.45. The average Bonchev–Trinajstić information content (AvgIpc) is 2.37. The number of aliphatic hydroxyl groups is 1. The highest BCUT2D eigenvalue weighted by Crippen LogP contribution is 2.43. The number of fused-ring (bicyclic) bond motifs is 2. The summed E-state index contributed by atoms with van der Waals surface area (Å²) in [6.07, 6.45) is 3.14. The zero-order valence-electron chi connectivity index (χ0n) is 10.1. The Morgan fingerprint density at radius 2 is 2.12 bits per heavy atom. The minimum Gasteiger partial charge on any atom is -0.469 e. The molecule has 0 spiro atoms. The summed E-state index contributed by atoms with van der Waals surface area (Å²) in [5.74, 6) is 1.46. The van der Waals surface area contributed by atoms with E-state index < -0.39 is 6.29 Å². The van der Waals surface area contributed by atoms with Gasteiger partial charge in [-0.15, -0.1) is 0 Å². The third-order valence-corrected chi connectivity index (χ3v) is 3.89. The van der Waals surface area contributed by atoms with E-state index in [0.29, 0.717) is 5.92 Å². The maximum absolute atomic E-state index is 9.74. The minimum atomic E-state index is -0.607. The van der Waals surface area contributed by atoms with Gasteiger partial charge in [0.15, 0.2) is 6.29 Å². The van der Waals surface area contributed by atoms with Crippen LogP contribution in [0.5, 0.6) is 0 Å². The molecule has 1 N–H and O–H groups in total. The average molecular weight is 230 g/mol. The standard InChI is InChI=1S/C15H18O2/c1-2-10-9-14(16)17-13-8-7-11-5-3-4-6-12(11)15(10)13/h3-6,10,14,16H,2,7-9H2,1H3/t10-,14?/m1/s1. The number of ether oxygens (including phenoxy) is 1. The fourth-order valence-electron chi connectivity index (χ4n) is 3.05. The Morgan fingerprint density at radius 3 is 2.94 bits per heavy atom. The fraction of sp³-hybridized carbons (Fsp3) is 0.467. The van der Waals surface area contributed by atoms with Crippen LogP contribution in [-0.4, -0.2) is 11.4 Å². The molecule has 0 saturated heterocycles. The Morgan fingerprint density at radius 1 is 1.29 bits per heavy atom. The van der Waals surface area contributed by atoms with E-state index in [4.69, 9.17) is 4.74 Å². The van der Waals surface area contributed by atoms with Crippen molar-refractivity contribution >= 4 is 5.57 Å². The molecule has 0 radical (unpaired) electrons. The lowest BCUT2D eigenvalue weighted by Gasteiger charge is -2.35. The summed E-state index contributed by atoms with van der Waals surface area (Å²) in [5.41, 5.74) is 4.11. The molecule has 3 rings (SSSR count). The van der Waals surface area contributed by atoms with Crippen LogP contribution in [0.25, 0.3) is 5.57 Å². The van der Waals surface area contributed by atoms with Gasteiger partial charge in [0.2, 0.25) is 0 Å². The van der Waals surface area contributed by atoms with Gasteiger partial charge in [-0.3, -0.25) is 0 Å². The van der Waals surface area contributed by atoms with Gasteiger partial charge >= 0.3 is 0 Å². The molecule has 2 aliphatic rings. The van der Waals surface area contributed by atoms with Crippen LogP contribution in [0, 0.1) is 5.92 Å². The quantitative estimate of drug-likeness (QED) is 0.803. The summed E-state index contributed by atoms with van der Waals surface area (Å²) in [5, 5.41) is 9.74. The normalized spacial score (nSPS) is 27.2. The van der Waals surface area contributed by atoms with Crippen molar-refractivity contribution in [3.05, 3.63) is 41.2 Å². The number of hydrogen-bond donors (Lipinski definition) is 1. The first-order valence-corrected chi connectivity index (χ1v) is 6.45. The molecular weight excluding hydrogens is 212 g/mol. The zero-order chi connectivity index (χ0) is 11.8. The highest BCUT2D eigenvalue weighted by molar-refractivity contribution is 5.74. The summed E-state index contributed by atoms with van der Waals surface area (Å²) in [6.45, 7) is 2.19. The molecule has 0 fully saturated rings. The van der Waals surface area contributed by atoms with Crippen LogP contribution < -0.4 is 0 Å². The molecule has 1 aromatic rings. The van der Waals surface area contributed by atoms with Gasteiger partial charge in [-0.05, 0) is 29.9 Å². The second-order valence-electron chi connectivity index (χ2n) is 4.91. The largest absolute Gasteiger partial charge is 0.469 e. The van der Waals surface area contributed by atoms with Gasteiger partial charge in [-0.2, -0.15) is 0 Å². The predicted molar refractivity (Wildman–Crippen MR) is 67.2 cm³/mol.